The average Bonchev–Trinajstić information content (AvgIpc) is 3.16. The van der Waals surface area contributed by atoms with Gasteiger partial charge in [-0.25, -0.2) is 4.98 Å². The number of fused-ring (bicyclic) bond motifs is 1. The fourth-order valence-corrected chi connectivity index (χ4v) is 2.84. The van der Waals surface area contributed by atoms with Crippen LogP contribution in [0.1, 0.15) is 45.0 Å². The zero-order chi connectivity index (χ0) is 14.1. The van der Waals surface area contributed by atoms with E-state index < -0.39 is 0 Å². The van der Waals surface area contributed by atoms with Gasteiger partial charge in [0.05, 0.1) is 11.0 Å². The zero-order valence-corrected chi connectivity index (χ0v) is 13.0. The monoisotopic (exact) mass is 291 g/mol. The van der Waals surface area contributed by atoms with Crippen LogP contribution in [0.2, 0.25) is 5.02 Å². The summed E-state index contributed by atoms with van der Waals surface area (Å²) in [6, 6.07) is 7.21. The first-order valence-electron chi connectivity index (χ1n) is 7.55. The Morgan fingerprint density at radius 1 is 1.40 bits per heavy atom. The first-order valence-corrected chi connectivity index (χ1v) is 7.92. The molecule has 0 aliphatic heterocycles. The maximum absolute atomic E-state index is 6.14. The van der Waals surface area contributed by atoms with E-state index >= 15 is 0 Å². The van der Waals surface area contributed by atoms with Crippen LogP contribution >= 0.6 is 11.6 Å². The lowest BCUT2D eigenvalue weighted by atomic mass is 10.2. The van der Waals surface area contributed by atoms with E-state index in [9.17, 15) is 0 Å². The molecule has 0 radical (unpaired) electrons. The van der Waals surface area contributed by atoms with Crippen molar-refractivity contribution in [2.24, 2.45) is 0 Å². The highest BCUT2D eigenvalue weighted by molar-refractivity contribution is 6.31. The van der Waals surface area contributed by atoms with Gasteiger partial charge in [-0.2, -0.15) is 0 Å². The average molecular weight is 292 g/mol. The Kier molecular flexibility index (Phi) is 3.99. The molecule has 4 heteroatoms. The van der Waals surface area contributed by atoms with Gasteiger partial charge in [-0.3, -0.25) is 0 Å². The highest BCUT2D eigenvalue weighted by atomic mass is 35.5. The van der Waals surface area contributed by atoms with Crippen molar-refractivity contribution in [3.8, 4) is 0 Å². The third-order valence-corrected chi connectivity index (χ3v) is 4.00. The summed E-state index contributed by atoms with van der Waals surface area (Å²) in [6.45, 7) is 5.41. The number of hydrogen-bond acceptors (Lipinski definition) is 2. The van der Waals surface area contributed by atoms with Crippen LogP contribution in [0.15, 0.2) is 18.2 Å². The summed E-state index contributed by atoms with van der Waals surface area (Å²) < 4.78 is 2.41. The number of halogens is 1. The van der Waals surface area contributed by atoms with E-state index in [1.54, 1.807) is 0 Å². The molecule has 0 atom stereocenters. The van der Waals surface area contributed by atoms with Crippen LogP contribution in [0.4, 0.5) is 0 Å². The molecule has 0 unspecified atom stereocenters. The van der Waals surface area contributed by atoms with E-state index in [0.717, 1.165) is 29.9 Å². The Hall–Kier alpha value is -1.06. The fourth-order valence-electron chi connectivity index (χ4n) is 2.67. The molecule has 1 N–H and O–H groups in total. The predicted octanol–water partition coefficient (Wildman–Crippen LogP) is 3.96. The van der Waals surface area contributed by atoms with Gasteiger partial charge in [-0.15, -0.1) is 0 Å². The number of benzene rings is 1. The summed E-state index contributed by atoms with van der Waals surface area (Å²) in [5, 5.41) is 4.26. The summed E-state index contributed by atoms with van der Waals surface area (Å²) in [5.41, 5.74) is 2.28. The first kappa shape index (κ1) is 13.9. The Bertz CT molecular complexity index is 599. The van der Waals surface area contributed by atoms with Gasteiger partial charge in [0.25, 0.3) is 0 Å². The molecule has 1 aromatic carbocycles. The van der Waals surface area contributed by atoms with E-state index in [2.05, 4.69) is 29.8 Å². The number of rotatable bonds is 6. The third-order valence-electron chi connectivity index (χ3n) is 3.77. The Labute approximate surface area is 125 Å². The van der Waals surface area contributed by atoms with Crippen molar-refractivity contribution < 1.29 is 0 Å². The third kappa shape index (κ3) is 2.99. The molecule has 3 rings (SSSR count). The number of hydrogen-bond donors (Lipinski definition) is 1. The van der Waals surface area contributed by atoms with Crippen LogP contribution in [0.25, 0.3) is 11.0 Å². The lowest BCUT2D eigenvalue weighted by Gasteiger charge is -2.09. The van der Waals surface area contributed by atoms with Crippen LogP contribution in [-0.4, -0.2) is 22.1 Å². The van der Waals surface area contributed by atoms with E-state index in [1.165, 1.54) is 24.2 Å². The summed E-state index contributed by atoms with van der Waals surface area (Å²) in [7, 11) is 0. The molecular weight excluding hydrogens is 270 g/mol. The number of nitrogens with one attached hydrogen (secondary N) is 1. The summed E-state index contributed by atoms with van der Waals surface area (Å²) in [6.07, 6.45) is 4.70. The number of aryl methyl sites for hydroxylation is 1. The molecule has 1 saturated carbocycles. The van der Waals surface area contributed by atoms with Gasteiger partial charge in [0, 0.05) is 23.5 Å². The molecule has 0 saturated heterocycles. The fraction of sp³-hybridized carbons (Fsp3) is 0.562. The van der Waals surface area contributed by atoms with Crippen molar-refractivity contribution in [2.75, 3.05) is 6.54 Å². The van der Waals surface area contributed by atoms with Crippen molar-refractivity contribution in [2.45, 2.75) is 51.6 Å². The summed E-state index contributed by atoms with van der Waals surface area (Å²) in [4.78, 5) is 4.81. The molecule has 1 aliphatic carbocycles. The van der Waals surface area contributed by atoms with Gasteiger partial charge >= 0.3 is 0 Å². The zero-order valence-electron chi connectivity index (χ0n) is 12.2. The molecule has 0 spiro atoms. The highest BCUT2D eigenvalue weighted by Crippen LogP contribution is 2.39. The van der Waals surface area contributed by atoms with Crippen molar-refractivity contribution in [3.63, 3.8) is 0 Å². The van der Waals surface area contributed by atoms with Gasteiger partial charge in [0.2, 0.25) is 0 Å². The largest absolute Gasteiger partial charge is 0.325 e. The Morgan fingerprint density at radius 2 is 2.20 bits per heavy atom. The molecule has 0 bridgehead atoms. The number of nitrogens with zero attached hydrogens (tertiary/aromatic N) is 2. The molecule has 2 aromatic rings. The van der Waals surface area contributed by atoms with Crippen LogP contribution < -0.4 is 5.32 Å². The molecule has 1 fully saturated rings. The lowest BCUT2D eigenvalue weighted by molar-refractivity contribution is 0.559. The van der Waals surface area contributed by atoms with Gasteiger partial charge in [-0.1, -0.05) is 25.4 Å². The first-order chi connectivity index (χ1) is 9.65. The number of aromatic nitrogens is 2. The molecular formula is C16H22ClN3. The quantitative estimate of drug-likeness (QED) is 0.817. The van der Waals surface area contributed by atoms with Gasteiger partial charge in [0.1, 0.15) is 5.82 Å². The van der Waals surface area contributed by atoms with E-state index in [1.807, 2.05) is 12.1 Å². The van der Waals surface area contributed by atoms with E-state index in [0.29, 0.717) is 12.1 Å². The van der Waals surface area contributed by atoms with E-state index in [4.69, 9.17) is 16.6 Å². The van der Waals surface area contributed by atoms with Crippen LogP contribution in [0.3, 0.4) is 0 Å². The standard InChI is InChI=1S/C16H22ClN3/c1-11(2)18-9-3-4-16-19-14-8-5-12(17)10-15(14)20(16)13-6-7-13/h5,8,10-11,13,18H,3-4,6-7,9H2,1-2H3. The van der Waals surface area contributed by atoms with Crippen molar-refractivity contribution in [1.29, 1.82) is 0 Å². The second kappa shape index (κ2) is 5.74. The molecule has 108 valence electrons. The normalized spacial score (nSPS) is 15.4. The Balaban J connectivity index is 1.80. The van der Waals surface area contributed by atoms with Crippen LogP contribution in [0, 0.1) is 0 Å². The Morgan fingerprint density at radius 3 is 2.90 bits per heavy atom. The lowest BCUT2D eigenvalue weighted by Crippen LogP contribution is -2.24. The second-order valence-corrected chi connectivity index (χ2v) is 6.41. The van der Waals surface area contributed by atoms with Gasteiger partial charge in [0.15, 0.2) is 0 Å². The minimum Gasteiger partial charge on any atom is -0.325 e. The minimum atomic E-state index is 0.552. The van der Waals surface area contributed by atoms with Gasteiger partial charge < -0.3 is 9.88 Å². The second-order valence-electron chi connectivity index (χ2n) is 5.97. The van der Waals surface area contributed by atoms with E-state index in [-0.39, 0.29) is 0 Å². The summed E-state index contributed by atoms with van der Waals surface area (Å²) in [5.74, 6) is 1.22. The van der Waals surface area contributed by atoms with Crippen molar-refractivity contribution in [3.05, 3.63) is 29.0 Å². The van der Waals surface area contributed by atoms with Crippen molar-refractivity contribution in [1.82, 2.24) is 14.9 Å². The summed E-state index contributed by atoms with van der Waals surface area (Å²) >= 11 is 6.14. The van der Waals surface area contributed by atoms with Gasteiger partial charge in [-0.05, 0) is 44.0 Å². The molecule has 1 aromatic heterocycles. The smallest absolute Gasteiger partial charge is 0.110 e. The topological polar surface area (TPSA) is 29.9 Å². The molecule has 20 heavy (non-hydrogen) atoms. The SMILES string of the molecule is CC(C)NCCCc1nc2ccc(Cl)cc2n1C1CC1. The maximum Gasteiger partial charge on any atom is 0.110 e. The maximum atomic E-state index is 6.14. The minimum absolute atomic E-state index is 0.552. The predicted molar refractivity (Wildman–Crippen MR) is 84.5 cm³/mol. The van der Waals surface area contributed by atoms with Crippen LogP contribution in [-0.2, 0) is 6.42 Å². The molecule has 1 aliphatic rings. The van der Waals surface area contributed by atoms with Crippen LogP contribution in [0.5, 0.6) is 0 Å². The van der Waals surface area contributed by atoms with Crippen molar-refractivity contribution >= 4 is 22.6 Å². The number of imidazole rings is 1. The molecule has 3 nitrogen and oxygen atoms in total. The highest BCUT2D eigenvalue weighted by Gasteiger charge is 2.27. The molecule has 0 amide bonds. The molecule has 1 heterocycles.